The molecule has 4 rings (SSSR count). The topological polar surface area (TPSA) is 90.1 Å². The average Bonchev–Trinajstić information content (AvgIpc) is 3.67. The highest BCUT2D eigenvalue weighted by Gasteiger charge is 2.26. The van der Waals surface area contributed by atoms with E-state index in [1.807, 2.05) is 13.8 Å². The molecule has 41 heavy (non-hydrogen) atoms. The molecule has 2 aliphatic rings. The molecular weight excluding hydrogens is 508 g/mol. The lowest BCUT2D eigenvalue weighted by Crippen LogP contribution is -2.16. The Morgan fingerprint density at radius 3 is 1.56 bits per heavy atom. The molecule has 0 atom stereocenters. The van der Waals surface area contributed by atoms with Crippen LogP contribution in [0, 0.1) is 0 Å². The summed E-state index contributed by atoms with van der Waals surface area (Å²) >= 11 is 0. The van der Waals surface area contributed by atoms with Crippen LogP contribution in [-0.2, 0) is 35.3 Å². The number of nitrogens with one attached hydrogen (secondary N) is 3. The van der Waals surface area contributed by atoms with E-state index in [1.54, 1.807) is 0 Å². The van der Waals surface area contributed by atoms with E-state index in [4.69, 9.17) is 0 Å². The fourth-order valence-electron chi connectivity index (χ4n) is 6.66. The van der Waals surface area contributed by atoms with Crippen LogP contribution in [0.1, 0.15) is 115 Å². The molecule has 0 fully saturated rings. The third-order valence-corrected chi connectivity index (χ3v) is 8.62. The van der Waals surface area contributed by atoms with Gasteiger partial charge in [-0.1, -0.05) is 55.4 Å². The van der Waals surface area contributed by atoms with Gasteiger partial charge in [0.15, 0.2) is 0 Å². The van der Waals surface area contributed by atoms with Gasteiger partial charge in [-0.2, -0.15) is 0 Å². The average molecular weight is 555 g/mol. The van der Waals surface area contributed by atoms with Gasteiger partial charge in [0.2, 0.25) is 0 Å². The van der Waals surface area contributed by atoms with Crippen molar-refractivity contribution in [3.63, 3.8) is 0 Å². The second-order valence-corrected chi connectivity index (χ2v) is 10.7. The van der Waals surface area contributed by atoms with Crippen molar-refractivity contribution < 1.29 is 9.59 Å². The van der Waals surface area contributed by atoms with Crippen LogP contribution in [0.2, 0.25) is 0 Å². The van der Waals surface area contributed by atoms with Crippen LogP contribution in [0.4, 0.5) is 0 Å². The Morgan fingerprint density at radius 2 is 1.05 bits per heavy atom. The molecule has 2 aromatic rings. The van der Waals surface area contributed by atoms with Crippen molar-refractivity contribution in [2.75, 3.05) is 0 Å². The van der Waals surface area contributed by atoms with E-state index in [0.29, 0.717) is 6.42 Å². The molecule has 2 aliphatic heterocycles. The van der Waals surface area contributed by atoms with Crippen molar-refractivity contribution in [3.05, 3.63) is 72.3 Å². The summed E-state index contributed by atoms with van der Waals surface area (Å²) in [5.41, 5.74) is 12.9. The van der Waals surface area contributed by atoms with E-state index in [9.17, 15) is 9.59 Å². The number of aliphatic imine (C=N–C) groups is 1. The zero-order chi connectivity index (χ0) is 29.8. The lowest BCUT2D eigenvalue weighted by molar-refractivity contribution is -0.116. The molecule has 2 amide bonds. The summed E-state index contributed by atoms with van der Waals surface area (Å²) in [5, 5.41) is 5.23. The first-order valence-corrected chi connectivity index (χ1v) is 15.6. The van der Waals surface area contributed by atoms with Gasteiger partial charge in [-0.05, 0) is 103 Å². The molecule has 0 saturated carbocycles. The predicted octanol–water partition coefficient (Wildman–Crippen LogP) is 5.89. The van der Waals surface area contributed by atoms with Gasteiger partial charge in [0.05, 0.1) is 5.71 Å². The zero-order valence-corrected chi connectivity index (χ0v) is 26.2. The van der Waals surface area contributed by atoms with Crippen molar-refractivity contribution in [1.29, 1.82) is 0 Å². The van der Waals surface area contributed by atoms with Gasteiger partial charge in [-0.25, -0.2) is 4.99 Å². The summed E-state index contributed by atoms with van der Waals surface area (Å²) in [7, 11) is 0. The second kappa shape index (κ2) is 12.9. The third kappa shape index (κ3) is 5.49. The third-order valence-electron chi connectivity index (χ3n) is 8.62. The van der Waals surface area contributed by atoms with Crippen LogP contribution >= 0.6 is 0 Å². The maximum Gasteiger partial charge on any atom is 0.273 e. The number of hydrogen-bond acceptors (Lipinski definition) is 2. The summed E-state index contributed by atoms with van der Waals surface area (Å²) in [4.78, 5) is 36.9. The summed E-state index contributed by atoms with van der Waals surface area (Å²) < 4.78 is 0. The van der Waals surface area contributed by atoms with Crippen LogP contribution < -0.4 is 16.0 Å². The van der Waals surface area contributed by atoms with Crippen molar-refractivity contribution in [3.8, 4) is 0 Å². The predicted molar refractivity (Wildman–Crippen MR) is 170 cm³/mol. The number of carbonyl (C=O) groups excluding carboxylic acids is 2. The number of rotatable bonds is 11. The van der Waals surface area contributed by atoms with Crippen LogP contribution in [0.15, 0.2) is 33.0 Å². The Balaban J connectivity index is 1.89. The number of nitrogens with zero attached hydrogens (tertiary/aromatic N) is 1. The Hall–Kier alpha value is -3.67. The van der Waals surface area contributed by atoms with E-state index >= 15 is 0 Å². The summed E-state index contributed by atoms with van der Waals surface area (Å²) in [6.07, 6.45) is 13.1. The first-order valence-electron chi connectivity index (χ1n) is 15.6. The normalized spacial score (nSPS) is 17.7. The highest BCUT2D eigenvalue weighted by molar-refractivity contribution is 6.31. The number of carbonyl (C=O) groups is 2. The van der Waals surface area contributed by atoms with Gasteiger partial charge in [-0.3, -0.25) is 9.59 Å². The molecule has 4 heterocycles. The molecule has 6 heteroatoms. The minimum Gasteiger partial charge on any atom is -0.355 e. The number of hydrogen-bond donors (Lipinski definition) is 3. The van der Waals surface area contributed by atoms with E-state index in [0.717, 1.165) is 101 Å². The van der Waals surface area contributed by atoms with Crippen molar-refractivity contribution in [2.45, 2.75) is 107 Å². The van der Waals surface area contributed by atoms with Crippen molar-refractivity contribution in [2.24, 2.45) is 4.99 Å². The first kappa shape index (κ1) is 30.3. The summed E-state index contributed by atoms with van der Waals surface area (Å²) in [6.45, 7) is 17.0. The Labute approximate surface area is 244 Å². The molecule has 0 saturated heterocycles. The molecule has 218 valence electrons. The molecule has 3 N–H and O–H groups in total. The number of H-pyrrole nitrogens is 2. The maximum atomic E-state index is 12.6. The van der Waals surface area contributed by atoms with Crippen LogP contribution in [-0.4, -0.2) is 27.5 Å². The highest BCUT2D eigenvalue weighted by Crippen LogP contribution is 2.30. The van der Waals surface area contributed by atoms with Gasteiger partial charge in [0.1, 0.15) is 0 Å². The minimum absolute atomic E-state index is 0.0262. The molecule has 0 unspecified atom stereocenters. The molecule has 0 aliphatic carbocycles. The zero-order valence-electron chi connectivity index (χ0n) is 26.2. The SMILES string of the molecule is CCC1=C(CC)C(/C=c2\[nH]/c(=C/c3[nH]c(/C=C4\NC(=O)C(CC)=C4CC)c(CC)c3CC)c(CC)c2CC)=NC1=O. The second-order valence-electron chi connectivity index (χ2n) is 10.7. The fraction of sp³-hybridized carbons (Fsp3) is 0.457. The van der Waals surface area contributed by atoms with Gasteiger partial charge < -0.3 is 15.3 Å². The van der Waals surface area contributed by atoms with Crippen molar-refractivity contribution >= 4 is 35.8 Å². The van der Waals surface area contributed by atoms with E-state index in [1.165, 1.54) is 22.3 Å². The summed E-state index contributed by atoms with van der Waals surface area (Å²) in [5.74, 6) is -0.0701. The van der Waals surface area contributed by atoms with E-state index in [2.05, 4.69) is 80.0 Å². The molecular formula is C35H46N4O2. The van der Waals surface area contributed by atoms with Gasteiger partial charge in [0.25, 0.3) is 11.8 Å². The Bertz CT molecular complexity index is 1620. The lowest BCUT2D eigenvalue weighted by Gasteiger charge is -2.05. The van der Waals surface area contributed by atoms with E-state index < -0.39 is 0 Å². The van der Waals surface area contributed by atoms with Gasteiger partial charge >= 0.3 is 0 Å². The smallest absolute Gasteiger partial charge is 0.273 e. The number of allylic oxidation sites excluding steroid dienone is 2. The number of amides is 2. The lowest BCUT2D eigenvalue weighted by atomic mass is 10.00. The molecule has 2 aromatic heterocycles. The van der Waals surface area contributed by atoms with Crippen LogP contribution in [0.25, 0.3) is 18.2 Å². The number of aromatic amines is 2. The standard InChI is InChI=1S/C35H46N4O2/c1-9-20-22(11-3)30(18-32-24(13-5)26(15-7)34(40)38-32)36-28(20)17-29-21(10-2)23(12-4)31(37-29)19-33-25(14-6)27(16-8)35(41)39-33/h17-19,36-37H,9-16H2,1-8H3,(H,38,40)/b29-17+,31-19-,32-18-. The first-order chi connectivity index (χ1) is 19.8. The summed E-state index contributed by atoms with van der Waals surface area (Å²) in [6, 6.07) is 0. The minimum atomic E-state index is -0.0963. The highest BCUT2D eigenvalue weighted by atomic mass is 16.2. The Morgan fingerprint density at radius 1 is 0.537 bits per heavy atom. The van der Waals surface area contributed by atoms with Crippen LogP contribution in [0.5, 0.6) is 0 Å². The van der Waals surface area contributed by atoms with Gasteiger partial charge in [-0.15, -0.1) is 0 Å². The van der Waals surface area contributed by atoms with E-state index in [-0.39, 0.29) is 11.8 Å². The largest absolute Gasteiger partial charge is 0.355 e. The molecule has 0 aromatic carbocycles. The fourth-order valence-corrected chi connectivity index (χ4v) is 6.66. The molecule has 6 nitrogen and oxygen atoms in total. The maximum absolute atomic E-state index is 12.6. The molecule has 0 radical (unpaired) electrons. The quantitative estimate of drug-likeness (QED) is 0.323. The number of aromatic nitrogens is 2. The van der Waals surface area contributed by atoms with Gasteiger partial charge in [0, 0.05) is 38.9 Å². The van der Waals surface area contributed by atoms with Crippen LogP contribution in [0.3, 0.4) is 0 Å². The molecule has 0 spiro atoms. The monoisotopic (exact) mass is 554 g/mol. The Kier molecular flexibility index (Phi) is 9.52. The van der Waals surface area contributed by atoms with Crippen molar-refractivity contribution in [1.82, 2.24) is 15.3 Å². The molecule has 0 bridgehead atoms.